The number of nitrogens with zero attached hydrogens (tertiary/aromatic N) is 1. The average Bonchev–Trinajstić information content (AvgIpc) is 2.94. The van der Waals surface area contributed by atoms with Gasteiger partial charge in [0.1, 0.15) is 5.75 Å². The molecule has 0 aliphatic rings. The van der Waals surface area contributed by atoms with Gasteiger partial charge in [0.15, 0.2) is 5.13 Å². The van der Waals surface area contributed by atoms with Crippen LogP contribution in [0, 0.1) is 13.8 Å². The fourth-order valence-electron chi connectivity index (χ4n) is 2.19. The first-order valence-electron chi connectivity index (χ1n) is 6.90. The molecule has 3 aromatic rings. The summed E-state index contributed by atoms with van der Waals surface area (Å²) >= 11 is 1.48. The van der Waals surface area contributed by atoms with E-state index >= 15 is 0 Å². The first-order valence-corrected chi connectivity index (χ1v) is 7.72. The third kappa shape index (κ3) is 2.67. The van der Waals surface area contributed by atoms with Crippen molar-refractivity contribution in [2.24, 2.45) is 0 Å². The molecule has 0 bridgehead atoms. The van der Waals surface area contributed by atoms with E-state index in [9.17, 15) is 4.79 Å². The lowest BCUT2D eigenvalue weighted by atomic mass is 10.1. The Balaban J connectivity index is 1.85. The fraction of sp³-hybridized carbons (Fsp3) is 0.176. The molecule has 5 heteroatoms. The van der Waals surface area contributed by atoms with Crippen LogP contribution in [-0.2, 0) is 0 Å². The predicted molar refractivity (Wildman–Crippen MR) is 90.0 cm³/mol. The van der Waals surface area contributed by atoms with Gasteiger partial charge in [0.2, 0.25) is 0 Å². The van der Waals surface area contributed by atoms with Crippen LogP contribution in [0.5, 0.6) is 5.75 Å². The van der Waals surface area contributed by atoms with Gasteiger partial charge >= 0.3 is 0 Å². The SMILES string of the molecule is COc1ccc(C(=O)Nc2nc3c(C)c(C)ccc3s2)cc1. The van der Waals surface area contributed by atoms with Gasteiger partial charge in [0.05, 0.1) is 17.3 Å². The minimum Gasteiger partial charge on any atom is -0.497 e. The zero-order chi connectivity index (χ0) is 15.7. The number of thiazole rings is 1. The smallest absolute Gasteiger partial charge is 0.257 e. The normalized spacial score (nSPS) is 10.7. The number of nitrogens with one attached hydrogen (secondary N) is 1. The molecule has 0 aliphatic carbocycles. The third-order valence-corrected chi connectivity index (χ3v) is 4.59. The van der Waals surface area contributed by atoms with E-state index in [1.165, 1.54) is 16.9 Å². The van der Waals surface area contributed by atoms with Crippen LogP contribution in [0.1, 0.15) is 21.5 Å². The van der Waals surface area contributed by atoms with E-state index in [-0.39, 0.29) is 5.91 Å². The van der Waals surface area contributed by atoms with Gasteiger partial charge < -0.3 is 4.74 Å². The number of hydrogen-bond donors (Lipinski definition) is 1. The molecule has 4 nitrogen and oxygen atoms in total. The largest absolute Gasteiger partial charge is 0.497 e. The molecule has 0 unspecified atom stereocenters. The van der Waals surface area contributed by atoms with Crippen LogP contribution in [0.3, 0.4) is 0 Å². The highest BCUT2D eigenvalue weighted by Crippen LogP contribution is 2.29. The zero-order valence-corrected chi connectivity index (χ0v) is 13.5. The van der Waals surface area contributed by atoms with Gasteiger partial charge in [-0.3, -0.25) is 10.1 Å². The monoisotopic (exact) mass is 312 g/mol. The van der Waals surface area contributed by atoms with E-state index in [0.29, 0.717) is 10.7 Å². The molecule has 1 heterocycles. The number of rotatable bonds is 3. The van der Waals surface area contributed by atoms with Gasteiger partial charge in [-0.1, -0.05) is 17.4 Å². The molecule has 2 aromatic carbocycles. The van der Waals surface area contributed by atoms with E-state index in [1.807, 2.05) is 13.0 Å². The molecule has 22 heavy (non-hydrogen) atoms. The number of aromatic nitrogens is 1. The molecule has 0 fully saturated rings. The first-order chi connectivity index (χ1) is 10.6. The van der Waals surface area contributed by atoms with Crippen LogP contribution >= 0.6 is 11.3 Å². The molecular weight excluding hydrogens is 296 g/mol. The number of anilines is 1. The Bertz CT molecular complexity index is 838. The highest BCUT2D eigenvalue weighted by molar-refractivity contribution is 7.22. The van der Waals surface area contributed by atoms with Crippen molar-refractivity contribution < 1.29 is 9.53 Å². The molecule has 0 aliphatic heterocycles. The summed E-state index contributed by atoms with van der Waals surface area (Å²) in [5.41, 5.74) is 3.88. The van der Waals surface area contributed by atoms with Crippen molar-refractivity contribution in [2.75, 3.05) is 12.4 Å². The molecule has 0 radical (unpaired) electrons. The lowest BCUT2D eigenvalue weighted by Gasteiger charge is -2.03. The van der Waals surface area contributed by atoms with Crippen LogP contribution in [0.25, 0.3) is 10.2 Å². The van der Waals surface area contributed by atoms with Crippen molar-refractivity contribution in [3.8, 4) is 5.75 Å². The summed E-state index contributed by atoms with van der Waals surface area (Å²) in [6.45, 7) is 4.11. The first kappa shape index (κ1) is 14.5. The topological polar surface area (TPSA) is 51.2 Å². The summed E-state index contributed by atoms with van der Waals surface area (Å²) in [5.74, 6) is 0.554. The Morgan fingerprint density at radius 1 is 1.14 bits per heavy atom. The Hall–Kier alpha value is -2.40. The average molecular weight is 312 g/mol. The lowest BCUT2D eigenvalue weighted by molar-refractivity contribution is 0.102. The maximum atomic E-state index is 12.3. The fourth-order valence-corrected chi connectivity index (χ4v) is 3.11. The van der Waals surface area contributed by atoms with E-state index in [2.05, 4.69) is 23.3 Å². The van der Waals surface area contributed by atoms with Crippen LogP contribution in [0.15, 0.2) is 36.4 Å². The van der Waals surface area contributed by atoms with E-state index < -0.39 is 0 Å². The predicted octanol–water partition coefficient (Wildman–Crippen LogP) is 4.17. The number of fused-ring (bicyclic) bond motifs is 1. The van der Waals surface area contributed by atoms with Crippen molar-refractivity contribution >= 4 is 32.6 Å². The van der Waals surface area contributed by atoms with E-state index in [4.69, 9.17) is 4.74 Å². The quantitative estimate of drug-likeness (QED) is 0.789. The van der Waals surface area contributed by atoms with Crippen molar-refractivity contribution in [3.05, 3.63) is 53.1 Å². The summed E-state index contributed by atoms with van der Waals surface area (Å²) in [7, 11) is 1.60. The maximum Gasteiger partial charge on any atom is 0.257 e. The highest BCUT2D eigenvalue weighted by Gasteiger charge is 2.11. The summed E-state index contributed by atoms with van der Waals surface area (Å²) in [6, 6.07) is 11.1. The lowest BCUT2D eigenvalue weighted by Crippen LogP contribution is -2.11. The van der Waals surface area contributed by atoms with Crippen LogP contribution in [0.2, 0.25) is 0 Å². The van der Waals surface area contributed by atoms with E-state index in [1.54, 1.807) is 31.4 Å². The second kappa shape index (κ2) is 5.77. The molecule has 0 spiro atoms. The van der Waals surface area contributed by atoms with Crippen LogP contribution in [0.4, 0.5) is 5.13 Å². The molecule has 1 aromatic heterocycles. The highest BCUT2D eigenvalue weighted by atomic mass is 32.1. The Morgan fingerprint density at radius 2 is 1.86 bits per heavy atom. The third-order valence-electron chi connectivity index (χ3n) is 3.66. The van der Waals surface area contributed by atoms with Gasteiger partial charge in [0, 0.05) is 5.56 Å². The van der Waals surface area contributed by atoms with Crippen molar-refractivity contribution in [1.29, 1.82) is 0 Å². The van der Waals surface area contributed by atoms with Crippen LogP contribution in [-0.4, -0.2) is 18.0 Å². The van der Waals surface area contributed by atoms with Crippen molar-refractivity contribution in [3.63, 3.8) is 0 Å². The molecule has 3 rings (SSSR count). The molecule has 0 saturated carbocycles. The summed E-state index contributed by atoms with van der Waals surface area (Å²) in [6.07, 6.45) is 0. The summed E-state index contributed by atoms with van der Waals surface area (Å²) < 4.78 is 6.17. The van der Waals surface area contributed by atoms with Gasteiger partial charge in [-0.15, -0.1) is 0 Å². The minimum absolute atomic E-state index is 0.170. The Labute approximate surface area is 132 Å². The standard InChI is InChI=1S/C17H16N2O2S/c1-10-4-9-14-15(11(10)2)18-17(22-14)19-16(20)12-5-7-13(21-3)8-6-12/h4-9H,1-3H3,(H,18,19,20). The Morgan fingerprint density at radius 3 is 2.55 bits per heavy atom. The number of carbonyl (C=O) groups excluding carboxylic acids is 1. The number of amides is 1. The zero-order valence-electron chi connectivity index (χ0n) is 12.6. The van der Waals surface area contributed by atoms with Crippen molar-refractivity contribution in [1.82, 2.24) is 4.98 Å². The van der Waals surface area contributed by atoms with Crippen molar-refractivity contribution in [2.45, 2.75) is 13.8 Å². The molecule has 1 amide bonds. The van der Waals surface area contributed by atoms with E-state index in [0.717, 1.165) is 21.5 Å². The number of hydrogen-bond acceptors (Lipinski definition) is 4. The number of aryl methyl sites for hydroxylation is 2. The summed E-state index contributed by atoms with van der Waals surface area (Å²) in [4.78, 5) is 16.8. The van der Waals surface area contributed by atoms with Gasteiger partial charge in [-0.05, 0) is 55.3 Å². The minimum atomic E-state index is -0.170. The number of carbonyl (C=O) groups is 1. The van der Waals surface area contributed by atoms with Gasteiger partial charge in [-0.2, -0.15) is 0 Å². The maximum absolute atomic E-state index is 12.3. The molecule has 0 saturated heterocycles. The molecular formula is C17H16N2O2S. The van der Waals surface area contributed by atoms with Gasteiger partial charge in [-0.25, -0.2) is 4.98 Å². The number of benzene rings is 2. The summed E-state index contributed by atoms with van der Waals surface area (Å²) in [5, 5.41) is 3.47. The second-order valence-electron chi connectivity index (χ2n) is 5.06. The van der Waals surface area contributed by atoms with Gasteiger partial charge in [0.25, 0.3) is 5.91 Å². The molecule has 112 valence electrons. The molecule has 0 atom stereocenters. The van der Waals surface area contributed by atoms with Crippen LogP contribution < -0.4 is 10.1 Å². The Kier molecular flexibility index (Phi) is 3.81. The molecule has 1 N–H and O–H groups in total. The second-order valence-corrected chi connectivity index (χ2v) is 6.09. The number of ether oxygens (including phenoxy) is 1. The number of methoxy groups -OCH3 is 1.